The van der Waals surface area contributed by atoms with E-state index in [1.54, 1.807) is 43.7 Å². The predicted molar refractivity (Wildman–Crippen MR) is 145 cm³/mol. The highest BCUT2D eigenvalue weighted by atomic mass is 32.2. The summed E-state index contributed by atoms with van der Waals surface area (Å²) in [6.07, 6.45) is 1.69. The highest BCUT2D eigenvalue weighted by molar-refractivity contribution is 8.01. The molecule has 0 aliphatic carbocycles. The summed E-state index contributed by atoms with van der Waals surface area (Å²) in [6.45, 7) is 0. The molecule has 0 atom stereocenters. The molecule has 35 heavy (non-hydrogen) atoms. The Balaban J connectivity index is 1.27. The second-order valence-corrected chi connectivity index (χ2v) is 9.93. The van der Waals surface area contributed by atoms with Gasteiger partial charge in [0.1, 0.15) is 11.5 Å². The monoisotopic (exact) mass is 499 g/mol. The fourth-order valence-electron chi connectivity index (χ4n) is 3.59. The summed E-state index contributed by atoms with van der Waals surface area (Å²) < 4.78 is 6.94. The van der Waals surface area contributed by atoms with Crippen molar-refractivity contribution in [2.75, 3.05) is 18.2 Å². The highest BCUT2D eigenvalue weighted by Gasteiger charge is 2.10. The second-order valence-electron chi connectivity index (χ2n) is 7.67. The van der Waals surface area contributed by atoms with Gasteiger partial charge in [0.15, 0.2) is 4.34 Å². The number of carbonyl (C=O) groups is 1. The van der Waals surface area contributed by atoms with Crippen LogP contribution in [0.3, 0.4) is 0 Å². The standard InChI is InChI=1S/C27H21N3O3S2/c1-33-20-10-7-18(8-11-20)29-26(32)16-34-27-30-23-12-9-19(14-25(23)35-27)28-15-22-21-5-3-2-4-17(21)6-13-24(22)31/h2-15,31H,16H2,1H3,(H,29,32). The van der Waals surface area contributed by atoms with Gasteiger partial charge in [0.05, 0.1) is 28.8 Å². The number of hydrogen-bond acceptors (Lipinski definition) is 7. The van der Waals surface area contributed by atoms with Gasteiger partial charge < -0.3 is 15.2 Å². The van der Waals surface area contributed by atoms with E-state index in [9.17, 15) is 9.90 Å². The molecule has 0 radical (unpaired) electrons. The average molecular weight is 500 g/mol. The van der Waals surface area contributed by atoms with Crippen LogP contribution in [0.5, 0.6) is 11.5 Å². The van der Waals surface area contributed by atoms with Crippen LogP contribution in [0.4, 0.5) is 11.4 Å². The van der Waals surface area contributed by atoms with E-state index in [0.717, 1.165) is 42.5 Å². The van der Waals surface area contributed by atoms with Crippen molar-refractivity contribution >= 4 is 67.6 Å². The van der Waals surface area contributed by atoms with Crippen molar-refractivity contribution in [1.82, 2.24) is 4.98 Å². The summed E-state index contributed by atoms with van der Waals surface area (Å²) in [5.41, 5.74) is 3.04. The molecule has 1 heterocycles. The van der Waals surface area contributed by atoms with Crippen LogP contribution in [0, 0.1) is 0 Å². The maximum Gasteiger partial charge on any atom is 0.234 e. The molecule has 174 valence electrons. The number of aromatic nitrogens is 1. The lowest BCUT2D eigenvalue weighted by Crippen LogP contribution is -2.13. The molecule has 0 fully saturated rings. The summed E-state index contributed by atoms with van der Waals surface area (Å²) in [5.74, 6) is 1.10. The Hall–Kier alpha value is -3.88. The molecule has 0 aliphatic rings. The first-order valence-electron chi connectivity index (χ1n) is 10.8. The lowest BCUT2D eigenvalue weighted by Gasteiger charge is -2.05. The summed E-state index contributed by atoms with van der Waals surface area (Å²) in [7, 11) is 1.60. The molecule has 0 bridgehead atoms. The van der Waals surface area contributed by atoms with E-state index >= 15 is 0 Å². The normalized spacial score (nSPS) is 11.3. The van der Waals surface area contributed by atoms with Crippen LogP contribution in [-0.4, -0.2) is 35.1 Å². The lowest BCUT2D eigenvalue weighted by atomic mass is 10.0. The molecule has 0 aliphatic heterocycles. The molecule has 6 nitrogen and oxygen atoms in total. The molecule has 1 amide bonds. The molecular weight excluding hydrogens is 478 g/mol. The van der Waals surface area contributed by atoms with Gasteiger partial charge in [-0.2, -0.15) is 0 Å². The van der Waals surface area contributed by atoms with Gasteiger partial charge >= 0.3 is 0 Å². The van der Waals surface area contributed by atoms with Gasteiger partial charge in [0.25, 0.3) is 0 Å². The second kappa shape index (κ2) is 10.2. The maximum absolute atomic E-state index is 12.3. The Morgan fingerprint density at radius 2 is 1.94 bits per heavy atom. The molecule has 2 N–H and O–H groups in total. The Labute approximate surface area is 210 Å². The van der Waals surface area contributed by atoms with Gasteiger partial charge in [0.2, 0.25) is 5.91 Å². The number of phenols is 1. The number of rotatable bonds is 7. The van der Waals surface area contributed by atoms with Gasteiger partial charge in [-0.15, -0.1) is 11.3 Å². The minimum atomic E-state index is -0.0976. The summed E-state index contributed by atoms with van der Waals surface area (Å²) in [6, 6.07) is 24.5. The van der Waals surface area contributed by atoms with Crippen molar-refractivity contribution in [3.8, 4) is 11.5 Å². The maximum atomic E-state index is 12.3. The number of thioether (sulfide) groups is 1. The third-order valence-corrected chi connectivity index (χ3v) is 7.50. The molecule has 0 spiro atoms. The minimum absolute atomic E-state index is 0.0976. The van der Waals surface area contributed by atoms with E-state index in [2.05, 4.69) is 15.3 Å². The van der Waals surface area contributed by atoms with Crippen LogP contribution >= 0.6 is 23.1 Å². The molecule has 5 aromatic rings. The Kier molecular flexibility index (Phi) is 6.65. The Morgan fingerprint density at radius 3 is 2.77 bits per heavy atom. The summed E-state index contributed by atoms with van der Waals surface area (Å²) >= 11 is 2.92. The molecule has 0 unspecified atom stereocenters. The zero-order valence-electron chi connectivity index (χ0n) is 18.8. The number of nitrogens with one attached hydrogen (secondary N) is 1. The first-order valence-corrected chi connectivity index (χ1v) is 12.6. The number of amides is 1. The van der Waals surface area contributed by atoms with E-state index in [1.165, 1.54) is 23.1 Å². The van der Waals surface area contributed by atoms with Crippen molar-refractivity contribution in [2.45, 2.75) is 4.34 Å². The van der Waals surface area contributed by atoms with E-state index in [1.807, 2.05) is 48.5 Å². The van der Waals surface area contributed by atoms with Crippen LogP contribution in [0.15, 0.2) is 88.2 Å². The third kappa shape index (κ3) is 5.29. The van der Waals surface area contributed by atoms with E-state index in [4.69, 9.17) is 4.74 Å². The summed E-state index contributed by atoms with van der Waals surface area (Å²) in [4.78, 5) is 21.5. The first kappa shape index (κ1) is 22.9. The number of fused-ring (bicyclic) bond motifs is 2. The number of anilines is 1. The van der Waals surface area contributed by atoms with Crippen molar-refractivity contribution in [3.63, 3.8) is 0 Å². The van der Waals surface area contributed by atoms with Crippen LogP contribution in [0.1, 0.15) is 5.56 Å². The van der Waals surface area contributed by atoms with Crippen molar-refractivity contribution in [2.24, 2.45) is 4.99 Å². The van der Waals surface area contributed by atoms with Gasteiger partial charge in [-0.05, 0) is 59.3 Å². The van der Waals surface area contributed by atoms with Gasteiger partial charge in [0, 0.05) is 17.5 Å². The molecular formula is C27H21N3O3S2. The topological polar surface area (TPSA) is 83.8 Å². The van der Waals surface area contributed by atoms with Crippen molar-refractivity contribution in [1.29, 1.82) is 0 Å². The molecule has 5 rings (SSSR count). The number of benzene rings is 4. The Morgan fingerprint density at radius 1 is 1.11 bits per heavy atom. The number of phenolic OH excluding ortho intramolecular Hbond substituents is 1. The number of nitrogens with zero attached hydrogens (tertiary/aromatic N) is 2. The third-order valence-electron chi connectivity index (χ3n) is 5.34. The van der Waals surface area contributed by atoms with Crippen molar-refractivity contribution < 1.29 is 14.6 Å². The molecule has 0 saturated heterocycles. The number of carbonyl (C=O) groups excluding carboxylic acids is 1. The van der Waals surface area contributed by atoms with Gasteiger partial charge in [-0.1, -0.05) is 42.1 Å². The zero-order chi connectivity index (χ0) is 24.2. The number of thiazole rings is 1. The largest absolute Gasteiger partial charge is 0.507 e. The summed E-state index contributed by atoms with van der Waals surface area (Å²) in [5, 5.41) is 15.2. The molecule has 4 aromatic carbocycles. The van der Waals surface area contributed by atoms with E-state index < -0.39 is 0 Å². The van der Waals surface area contributed by atoms with Crippen LogP contribution < -0.4 is 10.1 Å². The van der Waals surface area contributed by atoms with Gasteiger partial charge in [-0.3, -0.25) is 9.79 Å². The quantitative estimate of drug-likeness (QED) is 0.194. The highest BCUT2D eigenvalue weighted by Crippen LogP contribution is 2.32. The van der Waals surface area contributed by atoms with E-state index in [-0.39, 0.29) is 17.4 Å². The Bertz CT molecular complexity index is 1550. The number of aliphatic imine (C=N–C) groups is 1. The molecule has 0 saturated carbocycles. The number of hydrogen-bond donors (Lipinski definition) is 2. The number of methoxy groups -OCH3 is 1. The lowest BCUT2D eigenvalue weighted by molar-refractivity contribution is -0.113. The van der Waals surface area contributed by atoms with Crippen molar-refractivity contribution in [3.05, 3.63) is 84.4 Å². The van der Waals surface area contributed by atoms with Gasteiger partial charge in [-0.25, -0.2) is 4.98 Å². The predicted octanol–water partition coefficient (Wildman–Crippen LogP) is 6.65. The van der Waals surface area contributed by atoms with Crippen LogP contribution in [-0.2, 0) is 4.79 Å². The van der Waals surface area contributed by atoms with Crippen LogP contribution in [0.2, 0.25) is 0 Å². The average Bonchev–Trinajstić information content (AvgIpc) is 3.30. The number of ether oxygens (including phenoxy) is 1. The fraction of sp³-hybridized carbons (Fsp3) is 0.0741. The van der Waals surface area contributed by atoms with E-state index in [0.29, 0.717) is 5.56 Å². The first-order chi connectivity index (χ1) is 17.1. The number of aromatic hydroxyl groups is 1. The SMILES string of the molecule is COc1ccc(NC(=O)CSc2nc3ccc(N=Cc4c(O)ccc5ccccc45)cc3s2)cc1. The zero-order valence-corrected chi connectivity index (χ0v) is 20.4. The smallest absolute Gasteiger partial charge is 0.234 e. The molecule has 1 aromatic heterocycles. The van der Waals surface area contributed by atoms with Crippen LogP contribution in [0.25, 0.3) is 21.0 Å². The minimum Gasteiger partial charge on any atom is -0.507 e. The molecule has 8 heteroatoms. The fourth-order valence-corrected chi connectivity index (χ4v) is 5.49.